The van der Waals surface area contributed by atoms with Gasteiger partial charge in [-0.25, -0.2) is 9.37 Å². The lowest BCUT2D eigenvalue weighted by molar-refractivity contribution is 0.116. The molecule has 15 heavy (non-hydrogen) atoms. The van der Waals surface area contributed by atoms with Gasteiger partial charge in [-0.05, 0) is 44.5 Å². The van der Waals surface area contributed by atoms with E-state index in [2.05, 4.69) is 10.3 Å². The second-order valence-corrected chi connectivity index (χ2v) is 4.16. The van der Waals surface area contributed by atoms with Gasteiger partial charge in [0, 0.05) is 11.8 Å². The summed E-state index contributed by atoms with van der Waals surface area (Å²) in [6, 6.07) is 1.81. The van der Waals surface area contributed by atoms with Gasteiger partial charge in [-0.15, -0.1) is 0 Å². The van der Waals surface area contributed by atoms with Crippen molar-refractivity contribution >= 4 is 5.82 Å². The van der Waals surface area contributed by atoms with Crippen molar-refractivity contribution in [1.82, 2.24) is 10.3 Å². The third-order valence-corrected chi connectivity index (χ3v) is 2.93. The zero-order chi connectivity index (χ0) is 10.9. The highest BCUT2D eigenvalue weighted by Crippen LogP contribution is 2.37. The Morgan fingerprint density at radius 1 is 1.47 bits per heavy atom. The molecule has 1 aromatic heterocycles. The number of nitrogen functional groups attached to an aromatic ring is 1. The van der Waals surface area contributed by atoms with Crippen LogP contribution in [0.15, 0.2) is 12.3 Å². The molecule has 0 aliphatic carbocycles. The number of aryl methyl sites for hydroxylation is 1. The molecule has 0 amide bonds. The van der Waals surface area contributed by atoms with Gasteiger partial charge in [0.15, 0.2) is 0 Å². The van der Waals surface area contributed by atoms with Gasteiger partial charge < -0.3 is 11.1 Å². The number of halogens is 1. The molecule has 0 atom stereocenters. The van der Waals surface area contributed by atoms with Crippen LogP contribution >= 0.6 is 0 Å². The number of nitrogens with one attached hydrogen (secondary N) is 1. The highest BCUT2D eigenvalue weighted by Gasteiger charge is 2.35. The quantitative estimate of drug-likeness (QED) is 0.737. The van der Waals surface area contributed by atoms with Crippen molar-refractivity contribution in [3.8, 4) is 0 Å². The summed E-state index contributed by atoms with van der Waals surface area (Å²) in [7, 11) is 0. The summed E-state index contributed by atoms with van der Waals surface area (Å²) >= 11 is 0. The Bertz CT molecular complexity index is 359. The molecule has 0 aromatic carbocycles. The van der Waals surface area contributed by atoms with E-state index in [4.69, 9.17) is 5.73 Å². The first-order valence-corrected chi connectivity index (χ1v) is 5.24. The van der Waals surface area contributed by atoms with Crippen LogP contribution in [0, 0.1) is 6.92 Å². The molecule has 1 aliphatic rings. The number of hydrogen-bond donors (Lipinski definition) is 2. The average molecular weight is 209 g/mol. The Labute approximate surface area is 88.9 Å². The van der Waals surface area contributed by atoms with Gasteiger partial charge in [-0.1, -0.05) is 0 Å². The second kappa shape index (κ2) is 3.77. The molecule has 1 aromatic rings. The molecule has 0 unspecified atom stereocenters. The molecule has 3 nitrogen and oxygen atoms in total. The summed E-state index contributed by atoms with van der Waals surface area (Å²) < 4.78 is 14.6. The largest absolute Gasteiger partial charge is 0.383 e. The maximum absolute atomic E-state index is 14.6. The number of aromatic nitrogens is 1. The van der Waals surface area contributed by atoms with Crippen LogP contribution in [-0.4, -0.2) is 18.1 Å². The zero-order valence-electron chi connectivity index (χ0n) is 8.89. The molecule has 1 aliphatic heterocycles. The fourth-order valence-corrected chi connectivity index (χ4v) is 2.03. The molecule has 82 valence electrons. The Kier molecular flexibility index (Phi) is 2.61. The SMILES string of the molecule is Cc1cnc(N)c(C2(F)CCNCC2)c1. The number of anilines is 1. The van der Waals surface area contributed by atoms with E-state index in [0.717, 1.165) is 5.56 Å². The van der Waals surface area contributed by atoms with E-state index < -0.39 is 5.67 Å². The molecular weight excluding hydrogens is 193 g/mol. The second-order valence-electron chi connectivity index (χ2n) is 4.16. The molecule has 0 radical (unpaired) electrons. The molecule has 1 saturated heterocycles. The standard InChI is InChI=1S/C11H16FN3/c1-8-6-9(10(13)15-7-8)11(12)2-4-14-5-3-11/h6-7,14H,2-5H2,1H3,(H2,13,15). The highest BCUT2D eigenvalue weighted by molar-refractivity contribution is 5.45. The van der Waals surface area contributed by atoms with Crippen LogP contribution in [-0.2, 0) is 5.67 Å². The van der Waals surface area contributed by atoms with E-state index in [9.17, 15) is 4.39 Å². The molecule has 2 rings (SSSR count). The highest BCUT2D eigenvalue weighted by atomic mass is 19.1. The lowest BCUT2D eigenvalue weighted by Crippen LogP contribution is -2.37. The number of nitrogens with two attached hydrogens (primary N) is 1. The summed E-state index contributed by atoms with van der Waals surface area (Å²) in [5.74, 6) is 0.324. The summed E-state index contributed by atoms with van der Waals surface area (Å²) in [4.78, 5) is 4.02. The maximum atomic E-state index is 14.6. The van der Waals surface area contributed by atoms with Crippen LogP contribution in [0.3, 0.4) is 0 Å². The number of hydrogen-bond acceptors (Lipinski definition) is 3. The number of piperidine rings is 1. The molecule has 3 N–H and O–H groups in total. The molecule has 1 fully saturated rings. The Hall–Kier alpha value is -1.16. The van der Waals surface area contributed by atoms with Crippen molar-refractivity contribution in [2.45, 2.75) is 25.4 Å². The fourth-order valence-electron chi connectivity index (χ4n) is 2.03. The monoisotopic (exact) mass is 209 g/mol. The van der Waals surface area contributed by atoms with Gasteiger partial charge in [0.05, 0.1) is 0 Å². The van der Waals surface area contributed by atoms with Crippen molar-refractivity contribution in [1.29, 1.82) is 0 Å². The number of pyridine rings is 1. The first-order valence-electron chi connectivity index (χ1n) is 5.24. The fraction of sp³-hybridized carbons (Fsp3) is 0.545. The van der Waals surface area contributed by atoms with Gasteiger partial charge in [0.1, 0.15) is 11.5 Å². The predicted octanol–water partition coefficient (Wildman–Crippen LogP) is 1.52. The van der Waals surface area contributed by atoms with E-state index in [1.54, 1.807) is 6.20 Å². The van der Waals surface area contributed by atoms with Gasteiger partial charge in [-0.2, -0.15) is 0 Å². The first-order chi connectivity index (χ1) is 7.12. The van der Waals surface area contributed by atoms with Gasteiger partial charge in [0.25, 0.3) is 0 Å². The Balaban J connectivity index is 2.38. The van der Waals surface area contributed by atoms with Crippen molar-refractivity contribution < 1.29 is 4.39 Å². The summed E-state index contributed by atoms with van der Waals surface area (Å²) in [6.07, 6.45) is 2.62. The topological polar surface area (TPSA) is 50.9 Å². The number of alkyl halides is 1. The molecule has 0 spiro atoms. The van der Waals surface area contributed by atoms with Crippen LogP contribution < -0.4 is 11.1 Å². The van der Waals surface area contributed by atoms with Crippen molar-refractivity contribution in [3.05, 3.63) is 23.4 Å². The zero-order valence-corrected chi connectivity index (χ0v) is 8.89. The minimum absolute atomic E-state index is 0.324. The van der Waals surface area contributed by atoms with Gasteiger partial charge >= 0.3 is 0 Å². The van der Waals surface area contributed by atoms with Crippen molar-refractivity contribution in [2.75, 3.05) is 18.8 Å². The summed E-state index contributed by atoms with van der Waals surface area (Å²) in [5, 5.41) is 3.14. The molecule has 4 heteroatoms. The van der Waals surface area contributed by atoms with Crippen LogP contribution in [0.2, 0.25) is 0 Å². The van der Waals surface area contributed by atoms with E-state index in [0.29, 0.717) is 37.3 Å². The van der Waals surface area contributed by atoms with Crippen molar-refractivity contribution in [2.24, 2.45) is 0 Å². The van der Waals surface area contributed by atoms with Crippen LogP contribution in [0.1, 0.15) is 24.0 Å². The van der Waals surface area contributed by atoms with E-state index in [-0.39, 0.29) is 0 Å². The van der Waals surface area contributed by atoms with Gasteiger partial charge in [0.2, 0.25) is 0 Å². The molecule has 2 heterocycles. The average Bonchev–Trinajstić information content (AvgIpc) is 2.23. The normalized spacial score (nSPS) is 20.1. The summed E-state index contributed by atoms with van der Waals surface area (Å²) in [5.41, 5.74) is 5.95. The first kappa shape index (κ1) is 10.4. The molecule has 0 bridgehead atoms. The summed E-state index contributed by atoms with van der Waals surface area (Å²) in [6.45, 7) is 3.30. The number of rotatable bonds is 1. The molecular formula is C11H16FN3. The van der Waals surface area contributed by atoms with E-state index in [1.165, 1.54) is 0 Å². The van der Waals surface area contributed by atoms with Crippen LogP contribution in [0.25, 0.3) is 0 Å². The minimum Gasteiger partial charge on any atom is -0.383 e. The maximum Gasteiger partial charge on any atom is 0.142 e. The van der Waals surface area contributed by atoms with Crippen molar-refractivity contribution in [3.63, 3.8) is 0 Å². The lowest BCUT2D eigenvalue weighted by Gasteiger charge is -2.31. The number of nitrogens with zero attached hydrogens (tertiary/aromatic N) is 1. The third kappa shape index (κ3) is 1.95. The molecule has 0 saturated carbocycles. The third-order valence-electron chi connectivity index (χ3n) is 2.93. The van der Waals surface area contributed by atoms with Gasteiger partial charge in [-0.3, -0.25) is 0 Å². The van der Waals surface area contributed by atoms with E-state index >= 15 is 0 Å². The van der Waals surface area contributed by atoms with Crippen LogP contribution in [0.5, 0.6) is 0 Å². The minimum atomic E-state index is -1.30. The lowest BCUT2D eigenvalue weighted by atomic mass is 9.86. The van der Waals surface area contributed by atoms with Crippen LogP contribution in [0.4, 0.5) is 10.2 Å². The smallest absolute Gasteiger partial charge is 0.142 e. The Morgan fingerprint density at radius 2 is 2.13 bits per heavy atom. The van der Waals surface area contributed by atoms with E-state index in [1.807, 2.05) is 13.0 Å². The predicted molar refractivity (Wildman–Crippen MR) is 58.3 cm³/mol. The Morgan fingerprint density at radius 3 is 2.80 bits per heavy atom.